The summed E-state index contributed by atoms with van der Waals surface area (Å²) in [6.45, 7) is 1.61. The molecule has 1 aromatic heterocycles. The fraction of sp³-hybridized carbons (Fsp3) is 0.100. The van der Waals surface area contributed by atoms with Crippen LogP contribution in [0.25, 0.3) is 0 Å². The lowest BCUT2D eigenvalue weighted by Gasteiger charge is -2.03. The Hall–Kier alpha value is -2.44. The molecule has 2 rings (SSSR count). The Morgan fingerprint density at radius 1 is 1.53 bits per heavy atom. The summed E-state index contributed by atoms with van der Waals surface area (Å²) in [5.41, 5.74) is 0.182. The van der Waals surface area contributed by atoms with Crippen molar-refractivity contribution in [1.82, 2.24) is 15.4 Å². The predicted molar refractivity (Wildman–Crippen MR) is 54.6 cm³/mol. The Morgan fingerprint density at radius 3 is 2.94 bits per heavy atom. The molecular weight excluding hydrogens is 229 g/mol. The number of hydrogen-bond acceptors (Lipinski definition) is 4. The monoisotopic (exact) mass is 237 g/mol. The van der Waals surface area contributed by atoms with E-state index in [9.17, 15) is 9.18 Å². The van der Waals surface area contributed by atoms with E-state index < -0.39 is 11.8 Å². The summed E-state index contributed by atoms with van der Waals surface area (Å²) in [4.78, 5) is 10.7. The summed E-state index contributed by atoms with van der Waals surface area (Å²) >= 11 is 0. The second kappa shape index (κ2) is 4.20. The van der Waals surface area contributed by atoms with Crippen LogP contribution in [0, 0.1) is 12.7 Å². The Bertz CT molecular complexity index is 568. The molecule has 0 aliphatic heterocycles. The van der Waals surface area contributed by atoms with Gasteiger partial charge in [-0.15, -0.1) is 0 Å². The van der Waals surface area contributed by atoms with Gasteiger partial charge >= 0.3 is 5.97 Å². The highest BCUT2D eigenvalue weighted by molar-refractivity contribution is 5.87. The van der Waals surface area contributed by atoms with Crippen LogP contribution < -0.4 is 4.74 Å². The van der Waals surface area contributed by atoms with Crippen LogP contribution in [0.2, 0.25) is 0 Å². The first-order valence-corrected chi connectivity index (χ1v) is 4.66. The predicted octanol–water partition coefficient (Wildman–Crippen LogP) is 1.74. The smallest absolute Gasteiger partial charge is 0.359 e. The Balaban J connectivity index is 2.28. The van der Waals surface area contributed by atoms with Gasteiger partial charge in [0.05, 0.1) is 0 Å². The highest BCUT2D eigenvalue weighted by Crippen LogP contribution is 2.23. The summed E-state index contributed by atoms with van der Waals surface area (Å²) in [5, 5.41) is 17.7. The molecule has 0 spiro atoms. The molecule has 0 saturated carbocycles. The zero-order valence-corrected chi connectivity index (χ0v) is 8.77. The molecule has 0 radical (unpaired) electrons. The first kappa shape index (κ1) is 11.1. The number of benzene rings is 1. The third kappa shape index (κ3) is 2.22. The highest BCUT2D eigenvalue weighted by atomic mass is 19.1. The molecule has 17 heavy (non-hydrogen) atoms. The Kier molecular flexibility index (Phi) is 2.73. The third-order valence-electron chi connectivity index (χ3n) is 2.09. The molecule has 7 heteroatoms. The molecule has 0 fully saturated rings. The second-order valence-electron chi connectivity index (χ2n) is 3.31. The van der Waals surface area contributed by atoms with Gasteiger partial charge in [0.1, 0.15) is 11.6 Å². The second-order valence-corrected chi connectivity index (χ2v) is 3.31. The number of nitrogens with zero attached hydrogens (tertiary/aromatic N) is 2. The number of hydrogen-bond donors (Lipinski definition) is 2. The molecule has 2 aromatic rings. The number of ether oxygens (including phenoxy) is 1. The highest BCUT2D eigenvalue weighted by Gasteiger charge is 2.16. The zero-order chi connectivity index (χ0) is 12.4. The van der Waals surface area contributed by atoms with Crippen LogP contribution >= 0.6 is 0 Å². The fourth-order valence-electron chi connectivity index (χ4n) is 1.18. The van der Waals surface area contributed by atoms with Gasteiger partial charge in [0, 0.05) is 6.07 Å². The van der Waals surface area contributed by atoms with Gasteiger partial charge in [0.2, 0.25) is 5.69 Å². The van der Waals surface area contributed by atoms with Crippen molar-refractivity contribution in [2.75, 3.05) is 0 Å². The maximum atomic E-state index is 13.2. The quantitative estimate of drug-likeness (QED) is 0.848. The number of nitrogens with one attached hydrogen (secondary N) is 1. The lowest BCUT2D eigenvalue weighted by Crippen LogP contribution is -1.99. The van der Waals surface area contributed by atoms with Crippen LogP contribution in [-0.2, 0) is 0 Å². The van der Waals surface area contributed by atoms with Gasteiger partial charge in [-0.25, -0.2) is 14.3 Å². The lowest BCUT2D eigenvalue weighted by atomic mass is 10.2. The molecule has 1 heterocycles. The number of aryl methyl sites for hydroxylation is 1. The summed E-state index contributed by atoms with van der Waals surface area (Å²) in [6.07, 6.45) is 0. The summed E-state index contributed by atoms with van der Waals surface area (Å²) in [7, 11) is 0. The summed E-state index contributed by atoms with van der Waals surface area (Å²) in [5.74, 6) is -1.74. The molecule has 0 aliphatic carbocycles. The molecule has 0 amide bonds. The van der Waals surface area contributed by atoms with E-state index in [1.807, 2.05) is 0 Å². The van der Waals surface area contributed by atoms with Crippen LogP contribution in [0.15, 0.2) is 18.2 Å². The average molecular weight is 237 g/mol. The normalized spacial score (nSPS) is 10.2. The standard InChI is InChI=1S/C10H8FN3O3/c1-5-2-3-6(4-7(5)11)17-9-8(10(15)16)12-14-13-9/h2-4H,1H3,(H,15,16)(H,12,13,14). The minimum absolute atomic E-state index is 0.157. The van der Waals surface area contributed by atoms with Crippen LogP contribution in [0.5, 0.6) is 11.6 Å². The van der Waals surface area contributed by atoms with Crippen LogP contribution in [-0.4, -0.2) is 26.5 Å². The number of halogens is 1. The first-order valence-electron chi connectivity index (χ1n) is 4.66. The van der Waals surface area contributed by atoms with E-state index in [0.29, 0.717) is 5.56 Å². The largest absolute Gasteiger partial charge is 0.476 e. The molecule has 0 unspecified atom stereocenters. The number of carbonyl (C=O) groups is 1. The van der Waals surface area contributed by atoms with E-state index in [2.05, 4.69) is 15.4 Å². The Morgan fingerprint density at radius 2 is 2.29 bits per heavy atom. The molecule has 0 saturated heterocycles. The van der Waals surface area contributed by atoms with E-state index in [4.69, 9.17) is 9.84 Å². The molecule has 1 aromatic carbocycles. The van der Waals surface area contributed by atoms with Crippen molar-refractivity contribution in [2.24, 2.45) is 0 Å². The molecule has 0 bridgehead atoms. The van der Waals surface area contributed by atoms with Gasteiger partial charge < -0.3 is 9.84 Å². The van der Waals surface area contributed by atoms with Crippen molar-refractivity contribution < 1.29 is 19.0 Å². The van der Waals surface area contributed by atoms with Crippen molar-refractivity contribution in [3.05, 3.63) is 35.3 Å². The summed E-state index contributed by atoms with van der Waals surface area (Å²) in [6, 6.07) is 4.18. The molecule has 0 atom stereocenters. The minimum Gasteiger partial charge on any atom is -0.476 e. The topological polar surface area (TPSA) is 88.1 Å². The average Bonchev–Trinajstić information content (AvgIpc) is 2.72. The molecular formula is C10H8FN3O3. The molecule has 88 valence electrons. The number of aromatic nitrogens is 3. The fourth-order valence-corrected chi connectivity index (χ4v) is 1.18. The van der Waals surface area contributed by atoms with Crippen molar-refractivity contribution in [3.8, 4) is 11.6 Å². The number of aromatic carboxylic acids is 1. The van der Waals surface area contributed by atoms with Gasteiger partial charge in [0.25, 0.3) is 5.88 Å². The van der Waals surface area contributed by atoms with Crippen molar-refractivity contribution in [1.29, 1.82) is 0 Å². The molecule has 0 aliphatic rings. The maximum Gasteiger partial charge on any atom is 0.359 e. The Labute approximate surface area is 95.0 Å². The number of rotatable bonds is 3. The van der Waals surface area contributed by atoms with E-state index in [-0.39, 0.29) is 17.3 Å². The molecule has 6 nitrogen and oxygen atoms in total. The maximum absolute atomic E-state index is 13.2. The van der Waals surface area contributed by atoms with Gasteiger partial charge in [-0.2, -0.15) is 0 Å². The van der Waals surface area contributed by atoms with Gasteiger partial charge in [0.15, 0.2) is 0 Å². The van der Waals surface area contributed by atoms with E-state index in [1.54, 1.807) is 6.92 Å². The number of carboxylic acid groups (broad SMARTS) is 1. The first-order chi connectivity index (χ1) is 8.08. The summed E-state index contributed by atoms with van der Waals surface area (Å²) < 4.78 is 18.3. The van der Waals surface area contributed by atoms with Crippen molar-refractivity contribution >= 4 is 5.97 Å². The van der Waals surface area contributed by atoms with Crippen molar-refractivity contribution in [2.45, 2.75) is 6.92 Å². The number of aromatic amines is 1. The lowest BCUT2D eigenvalue weighted by molar-refractivity contribution is 0.0687. The van der Waals surface area contributed by atoms with Gasteiger partial charge in [-0.05, 0) is 18.6 Å². The van der Waals surface area contributed by atoms with Gasteiger partial charge in [-0.3, -0.25) is 0 Å². The van der Waals surface area contributed by atoms with Gasteiger partial charge in [-0.1, -0.05) is 16.4 Å². The van der Waals surface area contributed by atoms with E-state index >= 15 is 0 Å². The SMILES string of the molecule is Cc1ccc(Oc2nn[nH]c2C(=O)O)cc1F. The van der Waals surface area contributed by atoms with E-state index in [1.165, 1.54) is 12.1 Å². The van der Waals surface area contributed by atoms with Crippen LogP contribution in [0.3, 0.4) is 0 Å². The minimum atomic E-state index is -1.25. The van der Waals surface area contributed by atoms with Crippen LogP contribution in [0.4, 0.5) is 4.39 Å². The number of carboxylic acids is 1. The third-order valence-corrected chi connectivity index (χ3v) is 2.09. The zero-order valence-electron chi connectivity index (χ0n) is 8.77. The van der Waals surface area contributed by atoms with Crippen molar-refractivity contribution in [3.63, 3.8) is 0 Å². The van der Waals surface area contributed by atoms with E-state index in [0.717, 1.165) is 6.07 Å². The number of H-pyrrole nitrogens is 1. The molecule has 2 N–H and O–H groups in total. The van der Waals surface area contributed by atoms with Crippen LogP contribution in [0.1, 0.15) is 16.1 Å².